The van der Waals surface area contributed by atoms with Crippen LogP contribution in [0.15, 0.2) is 30.3 Å². The zero-order valence-corrected chi connectivity index (χ0v) is 25.3. The molecule has 1 nitrogen and oxygen atoms in total. The van der Waals surface area contributed by atoms with Crippen LogP contribution in [0.1, 0.15) is 121 Å². The molecule has 0 amide bonds. The van der Waals surface area contributed by atoms with Gasteiger partial charge in [-0.15, -0.1) is 0 Å². The summed E-state index contributed by atoms with van der Waals surface area (Å²) in [6.07, 6.45) is 10.8. The van der Waals surface area contributed by atoms with Crippen LogP contribution in [-0.2, 0) is 4.74 Å². The molecule has 2 aromatic rings. The van der Waals surface area contributed by atoms with Gasteiger partial charge in [-0.05, 0) is 136 Å². The fraction of sp³-hybridized carbons (Fsp3) is 0.667. The van der Waals surface area contributed by atoms with E-state index in [4.69, 9.17) is 4.74 Å². The fourth-order valence-electron chi connectivity index (χ4n) is 8.15. The molecule has 0 bridgehead atoms. The molecule has 0 spiro atoms. The standard InChI is InChI=1S/C36H46F6O/c1-2-3-4-5-23-6-15-29(16-7-23)36(41,42)43-30-17-12-25(13-18-30)24-8-10-26(11-9-24)28-21-33(39)35(34(40)22-28)27-14-19-31(37)32(38)20-27/h14,19-26,29-30H,2-13,15-18H2,1H3. The number of hydrogen-bond acceptors (Lipinski definition) is 1. The van der Waals surface area contributed by atoms with E-state index in [1.54, 1.807) is 0 Å². The summed E-state index contributed by atoms with van der Waals surface area (Å²) in [7, 11) is 0. The molecule has 43 heavy (non-hydrogen) atoms. The smallest absolute Gasteiger partial charge is 0.317 e. The first-order valence-corrected chi connectivity index (χ1v) is 16.6. The number of ether oxygens (including phenoxy) is 1. The van der Waals surface area contributed by atoms with E-state index in [0.29, 0.717) is 49.0 Å². The summed E-state index contributed by atoms with van der Waals surface area (Å²) in [5.41, 5.74) is 0.205. The van der Waals surface area contributed by atoms with E-state index in [1.807, 2.05) is 0 Å². The molecule has 5 rings (SSSR count). The van der Waals surface area contributed by atoms with Crippen LogP contribution < -0.4 is 0 Å². The van der Waals surface area contributed by atoms with Crippen molar-refractivity contribution in [2.75, 3.05) is 0 Å². The van der Waals surface area contributed by atoms with Gasteiger partial charge in [-0.1, -0.05) is 38.7 Å². The minimum Gasteiger partial charge on any atom is -0.317 e. The molecule has 0 aliphatic heterocycles. The van der Waals surface area contributed by atoms with Gasteiger partial charge in [0, 0.05) is 0 Å². The zero-order valence-electron chi connectivity index (χ0n) is 25.3. The normalized spacial score (nSPS) is 28.6. The second-order valence-corrected chi connectivity index (χ2v) is 13.5. The van der Waals surface area contributed by atoms with Crippen LogP contribution in [-0.4, -0.2) is 12.2 Å². The molecule has 3 saturated carbocycles. The first-order chi connectivity index (χ1) is 20.6. The van der Waals surface area contributed by atoms with E-state index in [1.165, 1.54) is 43.9 Å². The van der Waals surface area contributed by atoms with E-state index < -0.39 is 35.3 Å². The molecule has 0 unspecified atom stereocenters. The lowest BCUT2D eigenvalue weighted by Gasteiger charge is -2.40. The lowest BCUT2D eigenvalue weighted by atomic mass is 9.69. The average Bonchev–Trinajstić information content (AvgIpc) is 2.99. The molecule has 238 valence electrons. The molecule has 0 heterocycles. The number of alkyl halides is 2. The monoisotopic (exact) mass is 608 g/mol. The molecular formula is C36H46F6O. The SMILES string of the molecule is CCCCCC1CCC(C(F)(F)OC2CCC(C3CCC(c4cc(F)c(-c5ccc(F)c(F)c5)c(F)c4)CC3)CC2)CC1. The summed E-state index contributed by atoms with van der Waals surface area (Å²) in [6, 6.07) is 5.50. The van der Waals surface area contributed by atoms with Crippen molar-refractivity contribution < 1.29 is 31.1 Å². The zero-order chi connectivity index (χ0) is 30.6. The van der Waals surface area contributed by atoms with E-state index in [0.717, 1.165) is 63.5 Å². The van der Waals surface area contributed by atoms with Crippen LogP contribution in [0.5, 0.6) is 0 Å². The van der Waals surface area contributed by atoms with Crippen LogP contribution in [0.4, 0.5) is 26.3 Å². The van der Waals surface area contributed by atoms with Crippen LogP contribution >= 0.6 is 0 Å². The van der Waals surface area contributed by atoms with E-state index >= 15 is 8.78 Å². The summed E-state index contributed by atoms with van der Waals surface area (Å²) in [4.78, 5) is 0. The summed E-state index contributed by atoms with van der Waals surface area (Å²) in [6.45, 7) is 2.19. The Bertz CT molecular complexity index is 1170. The van der Waals surface area contributed by atoms with E-state index in [2.05, 4.69) is 6.92 Å². The van der Waals surface area contributed by atoms with Gasteiger partial charge in [-0.3, -0.25) is 0 Å². The van der Waals surface area contributed by atoms with Crippen molar-refractivity contribution in [1.82, 2.24) is 0 Å². The molecule has 0 saturated heterocycles. The van der Waals surface area contributed by atoms with Gasteiger partial charge < -0.3 is 4.74 Å². The number of rotatable bonds is 10. The van der Waals surface area contributed by atoms with E-state index in [9.17, 15) is 17.6 Å². The summed E-state index contributed by atoms with van der Waals surface area (Å²) in [5, 5.41) is 0. The predicted molar refractivity (Wildman–Crippen MR) is 158 cm³/mol. The third-order valence-electron chi connectivity index (χ3n) is 10.8. The number of unbranched alkanes of at least 4 members (excludes halogenated alkanes) is 2. The third kappa shape index (κ3) is 7.99. The Hall–Kier alpha value is -2.02. The second kappa shape index (κ2) is 14.4. The Kier molecular flexibility index (Phi) is 10.8. The van der Waals surface area contributed by atoms with E-state index in [-0.39, 0.29) is 23.1 Å². The molecule has 0 radical (unpaired) electrons. The lowest BCUT2D eigenvalue weighted by molar-refractivity contribution is -0.302. The minimum absolute atomic E-state index is 0.0272. The topological polar surface area (TPSA) is 9.23 Å². The number of halogens is 6. The molecule has 3 aliphatic rings. The Morgan fingerprint density at radius 2 is 1.28 bits per heavy atom. The highest BCUT2D eigenvalue weighted by molar-refractivity contribution is 5.65. The van der Waals surface area contributed by atoms with Gasteiger partial charge in [0.25, 0.3) is 0 Å². The van der Waals surface area contributed by atoms with Crippen molar-refractivity contribution in [3.05, 3.63) is 59.2 Å². The van der Waals surface area contributed by atoms with Crippen molar-refractivity contribution in [1.29, 1.82) is 0 Å². The van der Waals surface area contributed by atoms with Crippen molar-refractivity contribution >= 4 is 0 Å². The van der Waals surface area contributed by atoms with Gasteiger partial charge >= 0.3 is 6.11 Å². The predicted octanol–water partition coefficient (Wildman–Crippen LogP) is 11.7. The summed E-state index contributed by atoms with van der Waals surface area (Å²) >= 11 is 0. The maximum absolute atomic E-state index is 15.1. The van der Waals surface area contributed by atoms with Crippen LogP contribution in [0.2, 0.25) is 0 Å². The molecule has 7 heteroatoms. The van der Waals surface area contributed by atoms with Gasteiger partial charge in [0.2, 0.25) is 0 Å². The quantitative estimate of drug-likeness (QED) is 0.193. The molecular weight excluding hydrogens is 562 g/mol. The first kappa shape index (κ1) is 32.4. The first-order valence-electron chi connectivity index (χ1n) is 16.6. The van der Waals surface area contributed by atoms with Crippen molar-refractivity contribution in [3.63, 3.8) is 0 Å². The Morgan fingerprint density at radius 1 is 0.674 bits per heavy atom. The van der Waals surface area contributed by atoms with Crippen molar-refractivity contribution in [2.24, 2.45) is 23.7 Å². The summed E-state index contributed by atoms with van der Waals surface area (Å²) < 4.78 is 92.6. The molecule has 3 aliphatic carbocycles. The Labute approximate surface area is 252 Å². The maximum Gasteiger partial charge on any atom is 0.358 e. The van der Waals surface area contributed by atoms with Gasteiger partial charge in [0.05, 0.1) is 17.6 Å². The molecule has 2 aromatic carbocycles. The van der Waals surface area contributed by atoms with Gasteiger partial charge in [0.15, 0.2) is 11.6 Å². The lowest BCUT2D eigenvalue weighted by Crippen LogP contribution is -2.39. The molecule has 0 aromatic heterocycles. The largest absolute Gasteiger partial charge is 0.358 e. The molecule has 0 N–H and O–H groups in total. The highest BCUT2D eigenvalue weighted by atomic mass is 19.3. The third-order valence-corrected chi connectivity index (χ3v) is 10.8. The van der Waals surface area contributed by atoms with Crippen LogP contribution in [0.3, 0.4) is 0 Å². The van der Waals surface area contributed by atoms with Gasteiger partial charge in [-0.25, -0.2) is 17.6 Å². The van der Waals surface area contributed by atoms with Crippen molar-refractivity contribution in [3.8, 4) is 11.1 Å². The highest BCUT2D eigenvalue weighted by Gasteiger charge is 2.45. The van der Waals surface area contributed by atoms with Crippen LogP contribution in [0, 0.1) is 46.9 Å². The summed E-state index contributed by atoms with van der Waals surface area (Å²) in [5.74, 6) is -2.87. The van der Waals surface area contributed by atoms with Crippen LogP contribution in [0.25, 0.3) is 11.1 Å². The average molecular weight is 609 g/mol. The second-order valence-electron chi connectivity index (χ2n) is 13.5. The van der Waals surface area contributed by atoms with Gasteiger partial charge in [0.1, 0.15) is 11.6 Å². The Balaban J connectivity index is 1.07. The maximum atomic E-state index is 15.1. The minimum atomic E-state index is -3.05. The number of hydrogen-bond donors (Lipinski definition) is 0. The fourth-order valence-corrected chi connectivity index (χ4v) is 8.15. The van der Waals surface area contributed by atoms with Crippen molar-refractivity contribution in [2.45, 2.75) is 128 Å². The Morgan fingerprint density at radius 3 is 1.86 bits per heavy atom. The molecule has 3 fully saturated rings. The molecule has 0 atom stereocenters. The number of benzene rings is 2. The highest BCUT2D eigenvalue weighted by Crippen LogP contribution is 2.46. The van der Waals surface area contributed by atoms with Gasteiger partial charge in [-0.2, -0.15) is 8.78 Å².